The molecule has 0 aromatic heterocycles. The number of hydrogen-bond donors (Lipinski definition) is 0. The van der Waals surface area contributed by atoms with Gasteiger partial charge in [0.15, 0.2) is 5.78 Å². The Bertz CT molecular complexity index is 734. The molecule has 0 N–H and O–H groups in total. The largest absolute Gasteiger partial charge is 0.294 e. The standard InChI is InChI=1S/C20H16OS/c21-20(17-7-3-1-4-8-17)15-16-11-13-19(14-12-16)22-18-9-5-2-6-10-18/h1-14H,15H2. The maximum Gasteiger partial charge on any atom is 0.167 e. The van der Waals surface area contributed by atoms with Gasteiger partial charge in [-0.15, -0.1) is 0 Å². The molecule has 0 bridgehead atoms. The highest BCUT2D eigenvalue weighted by Crippen LogP contribution is 2.27. The summed E-state index contributed by atoms with van der Waals surface area (Å²) >= 11 is 1.73. The fourth-order valence-corrected chi connectivity index (χ4v) is 3.05. The van der Waals surface area contributed by atoms with E-state index in [1.807, 2.05) is 60.7 Å². The van der Waals surface area contributed by atoms with Crippen molar-refractivity contribution in [1.82, 2.24) is 0 Å². The molecule has 1 nitrogen and oxygen atoms in total. The first kappa shape index (κ1) is 14.6. The van der Waals surface area contributed by atoms with Crippen LogP contribution in [-0.4, -0.2) is 5.78 Å². The second kappa shape index (κ2) is 7.10. The molecule has 22 heavy (non-hydrogen) atoms. The zero-order chi connectivity index (χ0) is 15.2. The maximum atomic E-state index is 12.2. The van der Waals surface area contributed by atoms with Crippen molar-refractivity contribution in [3.63, 3.8) is 0 Å². The molecule has 0 aliphatic heterocycles. The molecule has 0 radical (unpaired) electrons. The summed E-state index contributed by atoms with van der Waals surface area (Å²) < 4.78 is 0. The van der Waals surface area contributed by atoms with Gasteiger partial charge in [-0.1, -0.05) is 72.4 Å². The average Bonchev–Trinajstić information content (AvgIpc) is 2.58. The highest BCUT2D eigenvalue weighted by molar-refractivity contribution is 7.99. The first-order valence-corrected chi connectivity index (χ1v) is 8.03. The molecule has 0 aliphatic carbocycles. The van der Waals surface area contributed by atoms with Crippen molar-refractivity contribution in [2.45, 2.75) is 16.2 Å². The summed E-state index contributed by atoms with van der Waals surface area (Å²) in [5.41, 5.74) is 1.82. The first-order chi connectivity index (χ1) is 10.8. The van der Waals surface area contributed by atoms with Crippen LogP contribution in [0.15, 0.2) is 94.7 Å². The fraction of sp³-hybridized carbons (Fsp3) is 0.0500. The molecule has 0 saturated heterocycles. The van der Waals surface area contributed by atoms with Gasteiger partial charge in [-0.3, -0.25) is 4.79 Å². The summed E-state index contributed by atoms with van der Waals surface area (Å²) in [6.07, 6.45) is 0.445. The van der Waals surface area contributed by atoms with E-state index in [0.717, 1.165) is 11.1 Å². The zero-order valence-electron chi connectivity index (χ0n) is 12.1. The van der Waals surface area contributed by atoms with Gasteiger partial charge in [-0.05, 0) is 29.8 Å². The van der Waals surface area contributed by atoms with Crippen molar-refractivity contribution in [2.75, 3.05) is 0 Å². The molecule has 0 saturated carbocycles. The Hall–Kier alpha value is -2.32. The van der Waals surface area contributed by atoms with Gasteiger partial charge in [0, 0.05) is 21.8 Å². The van der Waals surface area contributed by atoms with E-state index in [4.69, 9.17) is 0 Å². The van der Waals surface area contributed by atoms with Crippen molar-refractivity contribution in [2.24, 2.45) is 0 Å². The molecule has 3 rings (SSSR count). The zero-order valence-corrected chi connectivity index (χ0v) is 12.9. The molecule has 108 valence electrons. The van der Waals surface area contributed by atoms with E-state index < -0.39 is 0 Å². The van der Waals surface area contributed by atoms with Crippen LogP contribution in [0, 0.1) is 0 Å². The van der Waals surface area contributed by atoms with Crippen LogP contribution in [-0.2, 0) is 6.42 Å². The van der Waals surface area contributed by atoms with Gasteiger partial charge in [-0.2, -0.15) is 0 Å². The van der Waals surface area contributed by atoms with Gasteiger partial charge in [0.05, 0.1) is 0 Å². The van der Waals surface area contributed by atoms with Gasteiger partial charge in [0.2, 0.25) is 0 Å². The first-order valence-electron chi connectivity index (χ1n) is 7.21. The summed E-state index contributed by atoms with van der Waals surface area (Å²) in [5, 5.41) is 0. The molecule has 3 aromatic rings. The van der Waals surface area contributed by atoms with Crippen molar-refractivity contribution in [3.05, 3.63) is 96.1 Å². The fourth-order valence-electron chi connectivity index (χ4n) is 2.21. The van der Waals surface area contributed by atoms with E-state index in [2.05, 4.69) is 24.3 Å². The minimum atomic E-state index is 0.157. The van der Waals surface area contributed by atoms with E-state index in [1.54, 1.807) is 11.8 Å². The van der Waals surface area contributed by atoms with Crippen LogP contribution >= 0.6 is 11.8 Å². The monoisotopic (exact) mass is 304 g/mol. The molecule has 2 heteroatoms. The van der Waals surface area contributed by atoms with E-state index >= 15 is 0 Å². The quantitative estimate of drug-likeness (QED) is 0.598. The Morgan fingerprint density at radius 1 is 0.682 bits per heavy atom. The van der Waals surface area contributed by atoms with E-state index in [-0.39, 0.29) is 5.78 Å². The Balaban J connectivity index is 1.66. The predicted octanol–water partition coefficient (Wildman–Crippen LogP) is 5.26. The minimum absolute atomic E-state index is 0.157. The number of hydrogen-bond acceptors (Lipinski definition) is 2. The second-order valence-corrected chi connectivity index (χ2v) is 6.17. The smallest absolute Gasteiger partial charge is 0.167 e. The molecular weight excluding hydrogens is 288 g/mol. The van der Waals surface area contributed by atoms with Gasteiger partial charge in [0.25, 0.3) is 0 Å². The van der Waals surface area contributed by atoms with E-state index in [1.165, 1.54) is 9.79 Å². The van der Waals surface area contributed by atoms with Crippen molar-refractivity contribution < 1.29 is 4.79 Å². The average molecular weight is 304 g/mol. The predicted molar refractivity (Wildman–Crippen MR) is 91.5 cm³/mol. The number of carbonyl (C=O) groups excluding carboxylic acids is 1. The lowest BCUT2D eigenvalue weighted by Gasteiger charge is -2.04. The molecule has 0 aliphatic rings. The van der Waals surface area contributed by atoms with Crippen LogP contribution in [0.3, 0.4) is 0 Å². The molecule has 0 heterocycles. The Kier molecular flexibility index (Phi) is 4.71. The number of Topliss-reactive ketones (excluding diaryl/α,β-unsaturated/α-hetero) is 1. The minimum Gasteiger partial charge on any atom is -0.294 e. The summed E-state index contributed by atoms with van der Waals surface area (Å²) in [6.45, 7) is 0. The third kappa shape index (κ3) is 3.86. The Morgan fingerprint density at radius 2 is 1.23 bits per heavy atom. The highest BCUT2D eigenvalue weighted by atomic mass is 32.2. The van der Waals surface area contributed by atoms with Gasteiger partial charge >= 0.3 is 0 Å². The van der Waals surface area contributed by atoms with E-state index in [9.17, 15) is 4.79 Å². The van der Waals surface area contributed by atoms with Crippen LogP contribution in [0.5, 0.6) is 0 Å². The lowest BCUT2D eigenvalue weighted by Crippen LogP contribution is -2.02. The summed E-state index contributed by atoms with van der Waals surface area (Å²) in [4.78, 5) is 14.6. The van der Waals surface area contributed by atoms with Crippen molar-refractivity contribution in [1.29, 1.82) is 0 Å². The normalized spacial score (nSPS) is 10.4. The molecule has 0 spiro atoms. The Morgan fingerprint density at radius 3 is 1.86 bits per heavy atom. The SMILES string of the molecule is O=C(Cc1ccc(Sc2ccccc2)cc1)c1ccccc1. The number of rotatable bonds is 5. The van der Waals surface area contributed by atoms with Gasteiger partial charge < -0.3 is 0 Å². The molecule has 0 atom stereocenters. The van der Waals surface area contributed by atoms with Crippen LogP contribution < -0.4 is 0 Å². The summed E-state index contributed by atoms with van der Waals surface area (Å²) in [5.74, 6) is 0.157. The molecule has 0 amide bonds. The molecular formula is C20H16OS. The van der Waals surface area contributed by atoms with Crippen LogP contribution in [0.2, 0.25) is 0 Å². The number of ketones is 1. The maximum absolute atomic E-state index is 12.2. The summed E-state index contributed by atoms with van der Waals surface area (Å²) in [7, 11) is 0. The number of benzene rings is 3. The molecule has 0 unspecified atom stereocenters. The third-order valence-electron chi connectivity index (χ3n) is 3.36. The lowest BCUT2D eigenvalue weighted by molar-refractivity contribution is 0.0993. The molecule has 0 fully saturated rings. The topological polar surface area (TPSA) is 17.1 Å². The highest BCUT2D eigenvalue weighted by Gasteiger charge is 2.06. The van der Waals surface area contributed by atoms with Crippen LogP contribution in [0.1, 0.15) is 15.9 Å². The lowest BCUT2D eigenvalue weighted by atomic mass is 10.0. The number of carbonyl (C=O) groups is 1. The van der Waals surface area contributed by atoms with Crippen molar-refractivity contribution in [3.8, 4) is 0 Å². The van der Waals surface area contributed by atoms with Gasteiger partial charge in [0.1, 0.15) is 0 Å². The van der Waals surface area contributed by atoms with Crippen LogP contribution in [0.25, 0.3) is 0 Å². The molecule has 3 aromatic carbocycles. The summed E-state index contributed by atoms with van der Waals surface area (Å²) in [6, 6.07) is 27.9. The second-order valence-electron chi connectivity index (χ2n) is 5.03. The van der Waals surface area contributed by atoms with E-state index in [0.29, 0.717) is 6.42 Å². The third-order valence-corrected chi connectivity index (χ3v) is 4.38. The van der Waals surface area contributed by atoms with Crippen LogP contribution in [0.4, 0.5) is 0 Å². The van der Waals surface area contributed by atoms with Gasteiger partial charge in [-0.25, -0.2) is 0 Å². The Labute approximate surface area is 135 Å². The van der Waals surface area contributed by atoms with Crippen molar-refractivity contribution >= 4 is 17.5 Å².